The van der Waals surface area contributed by atoms with Gasteiger partial charge in [0.25, 0.3) is 15.9 Å². The Morgan fingerprint density at radius 1 is 1.09 bits per heavy atom. The van der Waals surface area contributed by atoms with Gasteiger partial charge in [-0.15, -0.1) is 0 Å². The number of hydrogen-bond acceptors (Lipinski definition) is 6. The maximum absolute atomic E-state index is 12.5. The van der Waals surface area contributed by atoms with Crippen molar-refractivity contribution in [2.75, 3.05) is 17.9 Å². The van der Waals surface area contributed by atoms with Crippen LogP contribution in [-0.4, -0.2) is 38.6 Å². The van der Waals surface area contributed by atoms with E-state index in [-0.39, 0.29) is 16.9 Å². The van der Waals surface area contributed by atoms with Gasteiger partial charge in [0, 0.05) is 31.1 Å². The predicted molar refractivity (Wildman–Crippen MR) is 124 cm³/mol. The standard InChI is InChI=1S/C24H25N3O5S/c1-17-4-11-22(12-5-17)33(29,30)27-19-7-9-20(10-8-19)32-23-13-6-18(15-25-23)24(28)26-16-21-3-2-14-31-21/h4-13,15,21,27H,2-3,14,16H2,1H3,(H,26,28)/t21-/m1/s1. The van der Waals surface area contributed by atoms with Crippen molar-refractivity contribution in [3.8, 4) is 11.6 Å². The molecule has 2 N–H and O–H groups in total. The Labute approximate surface area is 193 Å². The van der Waals surface area contributed by atoms with E-state index in [4.69, 9.17) is 9.47 Å². The lowest BCUT2D eigenvalue weighted by Crippen LogP contribution is -2.31. The highest BCUT2D eigenvalue weighted by Crippen LogP contribution is 2.23. The van der Waals surface area contributed by atoms with Gasteiger partial charge in [0.15, 0.2) is 0 Å². The molecule has 4 rings (SSSR count). The summed E-state index contributed by atoms with van der Waals surface area (Å²) in [4.78, 5) is 16.6. The fraction of sp³-hybridized carbons (Fsp3) is 0.250. The van der Waals surface area contributed by atoms with Gasteiger partial charge >= 0.3 is 0 Å². The van der Waals surface area contributed by atoms with Crippen LogP contribution in [0, 0.1) is 6.92 Å². The number of hydrogen-bond donors (Lipinski definition) is 2. The van der Waals surface area contributed by atoms with Crippen LogP contribution in [-0.2, 0) is 14.8 Å². The lowest BCUT2D eigenvalue weighted by Gasteiger charge is -2.11. The molecule has 1 aliphatic rings. The third-order valence-corrected chi connectivity index (χ3v) is 6.57. The largest absolute Gasteiger partial charge is 0.439 e. The van der Waals surface area contributed by atoms with Crippen molar-refractivity contribution in [2.24, 2.45) is 0 Å². The summed E-state index contributed by atoms with van der Waals surface area (Å²) < 4.78 is 38.8. The van der Waals surface area contributed by atoms with E-state index in [9.17, 15) is 13.2 Å². The molecule has 8 nitrogen and oxygen atoms in total. The van der Waals surface area contributed by atoms with E-state index in [0.29, 0.717) is 29.4 Å². The zero-order chi connectivity index (χ0) is 23.3. The Balaban J connectivity index is 1.33. The summed E-state index contributed by atoms with van der Waals surface area (Å²) in [5.41, 5.74) is 1.83. The summed E-state index contributed by atoms with van der Waals surface area (Å²) in [7, 11) is -3.67. The first-order valence-corrected chi connectivity index (χ1v) is 12.1. The first-order valence-electron chi connectivity index (χ1n) is 10.6. The molecule has 9 heteroatoms. The molecule has 1 atom stereocenters. The van der Waals surface area contributed by atoms with E-state index in [1.165, 1.54) is 6.20 Å². The third-order valence-electron chi connectivity index (χ3n) is 5.17. The van der Waals surface area contributed by atoms with Crippen molar-refractivity contribution in [2.45, 2.75) is 30.8 Å². The maximum atomic E-state index is 12.5. The van der Waals surface area contributed by atoms with Gasteiger partial charge in [-0.1, -0.05) is 17.7 Å². The molecule has 0 unspecified atom stereocenters. The van der Waals surface area contributed by atoms with Crippen LogP contribution >= 0.6 is 0 Å². The zero-order valence-electron chi connectivity index (χ0n) is 18.2. The second-order valence-corrected chi connectivity index (χ2v) is 9.46. The Morgan fingerprint density at radius 2 is 1.85 bits per heavy atom. The lowest BCUT2D eigenvalue weighted by molar-refractivity contribution is 0.0857. The van der Waals surface area contributed by atoms with Crippen molar-refractivity contribution in [1.29, 1.82) is 0 Å². The Kier molecular flexibility index (Phi) is 6.90. The second kappa shape index (κ2) is 10.0. The molecule has 2 aromatic carbocycles. The number of rotatable bonds is 8. The average Bonchev–Trinajstić information content (AvgIpc) is 3.33. The number of nitrogens with zero attached hydrogens (tertiary/aromatic N) is 1. The fourth-order valence-corrected chi connectivity index (χ4v) is 4.39. The molecule has 0 bridgehead atoms. The molecule has 0 saturated carbocycles. The molecule has 1 amide bonds. The van der Waals surface area contributed by atoms with Gasteiger partial charge < -0.3 is 14.8 Å². The number of ether oxygens (including phenoxy) is 2. The Hall–Kier alpha value is -3.43. The SMILES string of the molecule is Cc1ccc(S(=O)(=O)Nc2ccc(Oc3ccc(C(=O)NC[C@H]4CCCO4)cn3)cc2)cc1. The molecule has 172 valence electrons. The first-order chi connectivity index (χ1) is 15.9. The highest BCUT2D eigenvalue weighted by atomic mass is 32.2. The number of nitrogens with one attached hydrogen (secondary N) is 2. The predicted octanol–water partition coefficient (Wildman–Crippen LogP) is 3.89. The third kappa shape index (κ3) is 6.09. The van der Waals surface area contributed by atoms with Crippen molar-refractivity contribution >= 4 is 21.6 Å². The summed E-state index contributed by atoms with van der Waals surface area (Å²) >= 11 is 0. The minimum atomic E-state index is -3.67. The van der Waals surface area contributed by atoms with E-state index in [1.54, 1.807) is 60.7 Å². The molecular formula is C24H25N3O5S. The number of amides is 1. The number of aromatic nitrogens is 1. The smallest absolute Gasteiger partial charge is 0.261 e. The molecule has 1 aromatic heterocycles. The molecule has 3 aromatic rings. The normalized spacial score (nSPS) is 15.7. The second-order valence-electron chi connectivity index (χ2n) is 7.78. The van der Waals surface area contributed by atoms with Crippen molar-refractivity contribution in [3.05, 3.63) is 78.0 Å². The van der Waals surface area contributed by atoms with Gasteiger partial charge in [0.1, 0.15) is 5.75 Å². The van der Waals surface area contributed by atoms with Crippen LogP contribution in [0.25, 0.3) is 0 Å². The molecule has 1 saturated heterocycles. The highest BCUT2D eigenvalue weighted by molar-refractivity contribution is 7.92. The van der Waals surface area contributed by atoms with Crippen LogP contribution in [0.3, 0.4) is 0 Å². The summed E-state index contributed by atoms with van der Waals surface area (Å²) in [5, 5.41) is 2.85. The van der Waals surface area contributed by atoms with Gasteiger partial charge in [-0.3, -0.25) is 9.52 Å². The summed E-state index contributed by atoms with van der Waals surface area (Å²) in [6, 6.07) is 16.3. The molecule has 33 heavy (non-hydrogen) atoms. The van der Waals surface area contributed by atoms with Gasteiger partial charge in [-0.2, -0.15) is 0 Å². The number of benzene rings is 2. The van der Waals surface area contributed by atoms with Crippen LogP contribution in [0.2, 0.25) is 0 Å². The molecule has 2 heterocycles. The van der Waals surface area contributed by atoms with Gasteiger partial charge in [-0.05, 0) is 62.2 Å². The van der Waals surface area contributed by atoms with E-state index in [1.807, 2.05) is 6.92 Å². The summed E-state index contributed by atoms with van der Waals surface area (Å²) in [6.45, 7) is 3.12. The Morgan fingerprint density at radius 3 is 2.48 bits per heavy atom. The minimum absolute atomic E-state index is 0.0776. The van der Waals surface area contributed by atoms with Crippen LogP contribution in [0.5, 0.6) is 11.6 Å². The summed E-state index contributed by atoms with van der Waals surface area (Å²) in [5.74, 6) is 0.588. The summed E-state index contributed by atoms with van der Waals surface area (Å²) in [6.07, 6.45) is 3.50. The number of anilines is 1. The van der Waals surface area contributed by atoms with Crippen LogP contribution in [0.15, 0.2) is 71.8 Å². The number of aryl methyl sites for hydroxylation is 1. The van der Waals surface area contributed by atoms with Crippen LogP contribution in [0.1, 0.15) is 28.8 Å². The van der Waals surface area contributed by atoms with Crippen molar-refractivity contribution < 1.29 is 22.7 Å². The van der Waals surface area contributed by atoms with Gasteiger partial charge in [-0.25, -0.2) is 13.4 Å². The molecular weight excluding hydrogens is 442 g/mol. The van der Waals surface area contributed by atoms with Gasteiger partial charge in [0.2, 0.25) is 5.88 Å². The maximum Gasteiger partial charge on any atom is 0.261 e. The first kappa shape index (κ1) is 22.8. The Bertz CT molecular complexity index is 1190. The fourth-order valence-electron chi connectivity index (χ4n) is 3.33. The topological polar surface area (TPSA) is 107 Å². The van der Waals surface area contributed by atoms with Crippen LogP contribution in [0.4, 0.5) is 5.69 Å². The zero-order valence-corrected chi connectivity index (χ0v) is 19.0. The molecule has 0 spiro atoms. The van der Waals surface area contributed by atoms with Gasteiger partial charge in [0.05, 0.1) is 16.6 Å². The van der Waals surface area contributed by atoms with E-state index in [2.05, 4.69) is 15.0 Å². The number of sulfonamides is 1. The minimum Gasteiger partial charge on any atom is -0.439 e. The lowest BCUT2D eigenvalue weighted by atomic mass is 10.2. The highest BCUT2D eigenvalue weighted by Gasteiger charge is 2.17. The molecule has 1 aliphatic heterocycles. The monoisotopic (exact) mass is 467 g/mol. The average molecular weight is 468 g/mol. The number of carbonyl (C=O) groups is 1. The van der Waals surface area contributed by atoms with Crippen molar-refractivity contribution in [3.63, 3.8) is 0 Å². The number of pyridine rings is 1. The molecule has 0 aliphatic carbocycles. The molecule has 0 radical (unpaired) electrons. The molecule has 1 fully saturated rings. The quantitative estimate of drug-likeness (QED) is 0.521. The van der Waals surface area contributed by atoms with Crippen molar-refractivity contribution in [1.82, 2.24) is 10.3 Å². The van der Waals surface area contributed by atoms with Crippen LogP contribution < -0.4 is 14.8 Å². The van der Waals surface area contributed by atoms with E-state index >= 15 is 0 Å². The van der Waals surface area contributed by atoms with E-state index in [0.717, 1.165) is 25.0 Å². The van der Waals surface area contributed by atoms with E-state index < -0.39 is 10.0 Å². The number of carbonyl (C=O) groups excluding carboxylic acids is 1.